The van der Waals surface area contributed by atoms with Gasteiger partial charge in [0, 0.05) is 12.6 Å². The van der Waals surface area contributed by atoms with Gasteiger partial charge in [0.2, 0.25) is 0 Å². The summed E-state index contributed by atoms with van der Waals surface area (Å²) in [6.07, 6.45) is -0.252. The first-order valence-corrected chi connectivity index (χ1v) is 10.7. The minimum atomic E-state index is -0.252. The second-order valence-corrected chi connectivity index (χ2v) is 8.05. The molecule has 1 aromatic heterocycles. The van der Waals surface area contributed by atoms with E-state index < -0.39 is 0 Å². The quantitative estimate of drug-likeness (QED) is 0.484. The molecule has 33 heavy (non-hydrogen) atoms. The second kappa shape index (κ2) is 8.43. The third-order valence-electron chi connectivity index (χ3n) is 5.71. The maximum atomic E-state index is 13.0. The van der Waals surface area contributed by atoms with Crippen molar-refractivity contribution in [2.24, 2.45) is 0 Å². The van der Waals surface area contributed by atoms with Crippen LogP contribution < -0.4 is 15.0 Å². The van der Waals surface area contributed by atoms with Gasteiger partial charge < -0.3 is 14.4 Å². The summed E-state index contributed by atoms with van der Waals surface area (Å²) in [6, 6.07) is 21.8. The summed E-state index contributed by atoms with van der Waals surface area (Å²) in [6.45, 7) is 2.57. The van der Waals surface area contributed by atoms with Crippen LogP contribution in [0.25, 0.3) is 16.6 Å². The van der Waals surface area contributed by atoms with Gasteiger partial charge in [-0.1, -0.05) is 24.3 Å². The Morgan fingerprint density at radius 3 is 2.52 bits per heavy atom. The van der Waals surface area contributed by atoms with Crippen molar-refractivity contribution in [3.63, 3.8) is 0 Å². The predicted octanol–water partition coefficient (Wildman–Crippen LogP) is 3.61. The molecule has 1 atom stereocenters. The van der Waals surface area contributed by atoms with Crippen LogP contribution in [0.3, 0.4) is 0 Å². The molecular weight excluding hydrogens is 418 g/mol. The molecule has 3 aromatic carbocycles. The highest BCUT2D eigenvalue weighted by atomic mass is 16.6. The van der Waals surface area contributed by atoms with Crippen LogP contribution in [0.4, 0.5) is 0 Å². The average Bonchev–Trinajstić information content (AvgIpc) is 2.84. The van der Waals surface area contributed by atoms with Gasteiger partial charge in [-0.3, -0.25) is 14.2 Å². The van der Waals surface area contributed by atoms with Gasteiger partial charge >= 0.3 is 0 Å². The second-order valence-electron chi connectivity index (χ2n) is 8.05. The molecule has 1 amide bonds. The minimum Gasteiger partial charge on any atom is -0.486 e. The molecule has 1 aliphatic rings. The fraction of sp³-hybridized carbons (Fsp3) is 0.192. The highest BCUT2D eigenvalue weighted by Gasteiger charge is 2.24. The van der Waals surface area contributed by atoms with Gasteiger partial charge in [-0.15, -0.1) is 0 Å². The lowest BCUT2D eigenvalue weighted by Gasteiger charge is -2.29. The monoisotopic (exact) mass is 441 g/mol. The lowest BCUT2D eigenvalue weighted by atomic mass is 10.1. The number of hydrogen-bond acceptors (Lipinski definition) is 5. The van der Waals surface area contributed by atoms with Crippen LogP contribution >= 0.6 is 0 Å². The van der Waals surface area contributed by atoms with Crippen molar-refractivity contribution in [3.05, 3.63) is 94.5 Å². The first-order chi connectivity index (χ1) is 16.0. The lowest BCUT2D eigenvalue weighted by Crippen LogP contribution is -2.41. The SMILES string of the molecule is Cc1nc2ccccc2c(=O)n1-c1ccc(C(=O)N(C)C[C@H]2COc3ccccc3O2)cc1. The van der Waals surface area contributed by atoms with E-state index in [2.05, 4.69) is 4.98 Å². The standard InChI is InChI=1S/C26H23N3O4/c1-17-27-22-8-4-3-7-21(22)26(31)29(17)19-13-11-18(12-14-19)25(30)28(2)15-20-16-32-23-9-5-6-10-24(23)33-20/h3-14,20H,15-16H2,1-2H3/t20-/m0/s1. The van der Waals surface area contributed by atoms with Crippen LogP contribution in [0.5, 0.6) is 11.5 Å². The van der Waals surface area contributed by atoms with E-state index in [0.29, 0.717) is 52.6 Å². The fourth-order valence-corrected chi connectivity index (χ4v) is 4.06. The minimum absolute atomic E-state index is 0.135. The normalized spacial score (nSPS) is 14.8. The molecule has 0 unspecified atom stereocenters. The summed E-state index contributed by atoms with van der Waals surface area (Å²) < 4.78 is 13.3. The lowest BCUT2D eigenvalue weighted by molar-refractivity contribution is 0.0521. The largest absolute Gasteiger partial charge is 0.486 e. The van der Waals surface area contributed by atoms with E-state index in [1.165, 1.54) is 0 Å². The number of aromatic nitrogens is 2. The number of benzene rings is 3. The molecule has 0 bridgehead atoms. The highest BCUT2D eigenvalue weighted by molar-refractivity contribution is 5.94. The van der Waals surface area contributed by atoms with E-state index in [0.717, 1.165) is 0 Å². The number of likely N-dealkylation sites (N-methyl/N-ethyl adjacent to an activating group) is 1. The number of hydrogen-bond donors (Lipinski definition) is 0. The predicted molar refractivity (Wildman–Crippen MR) is 125 cm³/mol. The third-order valence-corrected chi connectivity index (χ3v) is 5.71. The van der Waals surface area contributed by atoms with E-state index in [4.69, 9.17) is 9.47 Å². The highest BCUT2D eigenvalue weighted by Crippen LogP contribution is 2.31. The molecule has 0 radical (unpaired) electrons. The number of fused-ring (bicyclic) bond motifs is 2. The summed E-state index contributed by atoms with van der Waals surface area (Å²) in [5, 5.41) is 0.555. The van der Waals surface area contributed by atoms with Crippen molar-refractivity contribution >= 4 is 16.8 Å². The smallest absolute Gasteiger partial charge is 0.265 e. The average molecular weight is 441 g/mol. The van der Waals surface area contributed by atoms with Crippen molar-refractivity contribution in [1.29, 1.82) is 0 Å². The van der Waals surface area contributed by atoms with E-state index in [1.807, 2.05) is 42.5 Å². The van der Waals surface area contributed by atoms with Gasteiger partial charge in [0.15, 0.2) is 17.6 Å². The summed E-state index contributed by atoms with van der Waals surface area (Å²) in [5.74, 6) is 1.85. The van der Waals surface area contributed by atoms with Gasteiger partial charge in [-0.05, 0) is 55.5 Å². The maximum Gasteiger partial charge on any atom is 0.265 e. The molecule has 0 N–H and O–H groups in total. The molecule has 0 aliphatic carbocycles. The van der Waals surface area contributed by atoms with Gasteiger partial charge in [0.05, 0.1) is 23.1 Å². The van der Waals surface area contributed by atoms with Crippen LogP contribution in [-0.2, 0) is 0 Å². The third kappa shape index (κ3) is 3.93. The Kier molecular flexibility index (Phi) is 5.30. The van der Waals surface area contributed by atoms with E-state index in [-0.39, 0.29) is 17.6 Å². The molecule has 0 saturated heterocycles. The van der Waals surface area contributed by atoms with Crippen LogP contribution in [0.15, 0.2) is 77.6 Å². The van der Waals surface area contributed by atoms with Crippen LogP contribution in [0, 0.1) is 6.92 Å². The fourth-order valence-electron chi connectivity index (χ4n) is 4.06. The van der Waals surface area contributed by atoms with E-state index in [1.54, 1.807) is 53.8 Å². The molecule has 0 saturated carbocycles. The molecular formula is C26H23N3O4. The zero-order chi connectivity index (χ0) is 22.9. The van der Waals surface area contributed by atoms with Gasteiger partial charge in [-0.2, -0.15) is 0 Å². The molecule has 166 valence electrons. The molecule has 7 heteroatoms. The summed E-state index contributed by atoms with van der Waals surface area (Å²) in [7, 11) is 1.74. The number of carbonyl (C=O) groups is 1. The van der Waals surface area contributed by atoms with Crippen molar-refractivity contribution in [2.75, 3.05) is 20.2 Å². The van der Waals surface area contributed by atoms with Crippen molar-refractivity contribution in [3.8, 4) is 17.2 Å². The maximum absolute atomic E-state index is 13.0. The molecule has 2 heterocycles. The van der Waals surface area contributed by atoms with Gasteiger partial charge in [0.1, 0.15) is 12.4 Å². The summed E-state index contributed by atoms with van der Waals surface area (Å²) in [5.41, 5.74) is 1.72. The van der Waals surface area contributed by atoms with Crippen molar-refractivity contribution in [1.82, 2.24) is 14.5 Å². The zero-order valence-electron chi connectivity index (χ0n) is 18.4. The molecule has 4 aromatic rings. The van der Waals surface area contributed by atoms with Crippen molar-refractivity contribution < 1.29 is 14.3 Å². The van der Waals surface area contributed by atoms with E-state index in [9.17, 15) is 9.59 Å². The number of rotatable bonds is 4. The number of carbonyl (C=O) groups excluding carboxylic acids is 1. The summed E-state index contributed by atoms with van der Waals surface area (Å²) in [4.78, 5) is 32.1. The molecule has 0 spiro atoms. The Balaban J connectivity index is 1.33. The van der Waals surface area contributed by atoms with Crippen LogP contribution in [0.1, 0.15) is 16.2 Å². The van der Waals surface area contributed by atoms with Gasteiger partial charge in [-0.25, -0.2) is 4.98 Å². The number of para-hydroxylation sites is 3. The molecule has 5 rings (SSSR count). The Bertz CT molecular complexity index is 1400. The van der Waals surface area contributed by atoms with Gasteiger partial charge in [0.25, 0.3) is 11.5 Å². The van der Waals surface area contributed by atoms with E-state index >= 15 is 0 Å². The molecule has 7 nitrogen and oxygen atoms in total. The number of nitrogens with zero attached hydrogens (tertiary/aromatic N) is 3. The zero-order valence-corrected chi connectivity index (χ0v) is 18.4. The Morgan fingerprint density at radius 2 is 1.73 bits per heavy atom. The van der Waals surface area contributed by atoms with Crippen LogP contribution in [-0.4, -0.2) is 46.7 Å². The number of ether oxygens (including phenoxy) is 2. The first-order valence-electron chi connectivity index (χ1n) is 10.7. The first kappa shape index (κ1) is 20.8. The summed E-state index contributed by atoms with van der Waals surface area (Å²) >= 11 is 0. The van der Waals surface area contributed by atoms with Crippen LogP contribution in [0.2, 0.25) is 0 Å². The molecule has 0 fully saturated rings. The number of amides is 1. The Morgan fingerprint density at radius 1 is 1.03 bits per heavy atom. The Hall–Kier alpha value is -4.13. The molecule has 1 aliphatic heterocycles. The Labute approximate surface area is 190 Å². The number of aryl methyl sites for hydroxylation is 1. The topological polar surface area (TPSA) is 73.7 Å². The van der Waals surface area contributed by atoms with Crippen molar-refractivity contribution in [2.45, 2.75) is 13.0 Å².